The van der Waals surface area contributed by atoms with Crippen LogP contribution in [0.4, 0.5) is 0 Å². The molecule has 1 amide bonds. The number of hydrogen-bond donors (Lipinski definition) is 1. The van der Waals surface area contributed by atoms with E-state index in [1.165, 1.54) is 5.56 Å². The van der Waals surface area contributed by atoms with Gasteiger partial charge in [-0.15, -0.1) is 0 Å². The highest BCUT2D eigenvalue weighted by Crippen LogP contribution is 2.53. The van der Waals surface area contributed by atoms with Crippen molar-refractivity contribution >= 4 is 5.91 Å². The van der Waals surface area contributed by atoms with Gasteiger partial charge >= 0.3 is 0 Å². The monoisotopic (exact) mass is 358 g/mol. The fourth-order valence-electron chi connectivity index (χ4n) is 5.67. The van der Waals surface area contributed by atoms with E-state index in [9.17, 15) is 4.79 Å². The largest absolute Gasteiger partial charge is 0.493 e. The normalized spacial score (nSPS) is 34.4. The first-order valence-electron chi connectivity index (χ1n) is 9.76. The van der Waals surface area contributed by atoms with Gasteiger partial charge in [0.1, 0.15) is 0 Å². The van der Waals surface area contributed by atoms with E-state index in [1.807, 2.05) is 6.07 Å². The highest BCUT2D eigenvalue weighted by molar-refractivity contribution is 5.77. The topological polar surface area (TPSA) is 50.8 Å². The van der Waals surface area contributed by atoms with Gasteiger partial charge in [-0.1, -0.05) is 6.07 Å². The summed E-state index contributed by atoms with van der Waals surface area (Å²) in [5.41, 5.74) is 1.49. The Balaban J connectivity index is 1.68. The highest BCUT2D eigenvalue weighted by atomic mass is 16.5. The molecule has 1 aromatic carbocycles. The molecule has 4 rings (SSSR count). The van der Waals surface area contributed by atoms with Crippen LogP contribution in [0.15, 0.2) is 18.2 Å². The molecule has 3 unspecified atom stereocenters. The lowest BCUT2D eigenvalue weighted by Crippen LogP contribution is -2.60. The minimum absolute atomic E-state index is 0.00133. The van der Waals surface area contributed by atoms with Crippen LogP contribution in [0.2, 0.25) is 0 Å². The van der Waals surface area contributed by atoms with Crippen molar-refractivity contribution in [2.24, 2.45) is 0 Å². The van der Waals surface area contributed by atoms with E-state index in [0.29, 0.717) is 12.5 Å². The van der Waals surface area contributed by atoms with Gasteiger partial charge in [0.15, 0.2) is 11.5 Å². The Morgan fingerprint density at radius 3 is 2.65 bits per heavy atom. The van der Waals surface area contributed by atoms with Crippen molar-refractivity contribution in [1.82, 2.24) is 10.2 Å². The molecule has 1 aliphatic carbocycles. The Kier molecular flexibility index (Phi) is 4.38. The molecule has 142 valence electrons. The van der Waals surface area contributed by atoms with Gasteiger partial charge in [0.05, 0.1) is 14.2 Å². The van der Waals surface area contributed by atoms with Gasteiger partial charge in [0.25, 0.3) is 0 Å². The predicted octanol–water partition coefficient (Wildman–Crippen LogP) is 2.87. The molecule has 1 saturated carbocycles. The number of nitrogens with one attached hydrogen (secondary N) is 1. The predicted molar refractivity (Wildman–Crippen MR) is 101 cm³/mol. The van der Waals surface area contributed by atoms with Gasteiger partial charge < -0.3 is 19.7 Å². The molecule has 0 radical (unpaired) electrons. The quantitative estimate of drug-likeness (QED) is 0.903. The summed E-state index contributed by atoms with van der Waals surface area (Å²) < 4.78 is 11.0. The fraction of sp³-hybridized carbons (Fsp3) is 0.667. The molecular formula is C21H30N2O3. The standard InChI is InChI=1S/C21H30N2O3/c1-23-12-11-21(15-6-7-16(25-2)17(13-15)26-3)10-9-20(14-18(21)23)8-4-5-19(24)22-20/h6-7,13,18H,4-5,8-12,14H2,1-3H3,(H,22,24). The summed E-state index contributed by atoms with van der Waals surface area (Å²) in [4.78, 5) is 14.6. The number of amides is 1. The molecule has 26 heavy (non-hydrogen) atoms. The van der Waals surface area contributed by atoms with Crippen LogP contribution in [0.1, 0.15) is 50.5 Å². The molecule has 3 atom stereocenters. The second-order valence-corrected chi connectivity index (χ2v) is 8.36. The van der Waals surface area contributed by atoms with Crippen molar-refractivity contribution in [3.8, 4) is 11.5 Å². The zero-order chi connectivity index (χ0) is 18.4. The molecule has 5 nitrogen and oxygen atoms in total. The van der Waals surface area contributed by atoms with Gasteiger partial charge in [-0.2, -0.15) is 0 Å². The summed E-state index contributed by atoms with van der Waals surface area (Å²) in [6, 6.07) is 6.87. The minimum atomic E-state index is -0.00133. The number of fused-ring (bicyclic) bond motifs is 1. The molecule has 3 fully saturated rings. The number of carbonyl (C=O) groups excluding carboxylic acids is 1. The van der Waals surface area contributed by atoms with E-state index < -0.39 is 0 Å². The first-order chi connectivity index (χ1) is 12.5. The average molecular weight is 358 g/mol. The van der Waals surface area contributed by atoms with E-state index in [4.69, 9.17) is 9.47 Å². The van der Waals surface area contributed by atoms with Crippen molar-refractivity contribution in [3.63, 3.8) is 0 Å². The third-order valence-corrected chi connectivity index (χ3v) is 7.14. The number of likely N-dealkylation sites (N-methyl/N-ethyl adjacent to an activating group) is 1. The van der Waals surface area contributed by atoms with Crippen molar-refractivity contribution in [2.75, 3.05) is 27.8 Å². The third kappa shape index (κ3) is 2.68. The van der Waals surface area contributed by atoms with Crippen molar-refractivity contribution in [3.05, 3.63) is 23.8 Å². The molecule has 0 aromatic heterocycles. The van der Waals surface area contributed by atoms with Crippen molar-refractivity contribution in [1.29, 1.82) is 0 Å². The molecule has 1 spiro atoms. The van der Waals surface area contributed by atoms with Crippen LogP contribution in [0, 0.1) is 0 Å². The van der Waals surface area contributed by atoms with Gasteiger partial charge in [-0.25, -0.2) is 0 Å². The number of likely N-dealkylation sites (tertiary alicyclic amines) is 1. The Hall–Kier alpha value is -1.75. The molecule has 5 heteroatoms. The first kappa shape index (κ1) is 17.7. The maximum Gasteiger partial charge on any atom is 0.220 e. The zero-order valence-electron chi connectivity index (χ0n) is 16.1. The number of benzene rings is 1. The lowest BCUT2D eigenvalue weighted by Gasteiger charge is -2.52. The number of rotatable bonds is 3. The second kappa shape index (κ2) is 6.45. The number of nitrogens with zero attached hydrogens (tertiary/aromatic N) is 1. The van der Waals surface area contributed by atoms with Crippen LogP contribution >= 0.6 is 0 Å². The highest BCUT2D eigenvalue weighted by Gasteiger charge is 2.55. The van der Waals surface area contributed by atoms with Crippen LogP contribution in [0.3, 0.4) is 0 Å². The zero-order valence-corrected chi connectivity index (χ0v) is 16.1. The summed E-state index contributed by atoms with van der Waals surface area (Å²) in [6.07, 6.45) is 7.20. The van der Waals surface area contributed by atoms with E-state index in [2.05, 4.69) is 29.4 Å². The third-order valence-electron chi connectivity index (χ3n) is 7.14. The van der Waals surface area contributed by atoms with Gasteiger partial charge in [0, 0.05) is 23.4 Å². The minimum Gasteiger partial charge on any atom is -0.493 e. The Bertz CT molecular complexity index is 706. The summed E-state index contributed by atoms with van der Waals surface area (Å²) in [6.45, 7) is 1.10. The van der Waals surface area contributed by atoms with Gasteiger partial charge in [-0.3, -0.25) is 4.79 Å². The van der Waals surface area contributed by atoms with Gasteiger partial charge in [-0.05, 0) is 69.8 Å². The van der Waals surface area contributed by atoms with Gasteiger partial charge in [0.2, 0.25) is 5.91 Å². The first-order valence-corrected chi connectivity index (χ1v) is 9.76. The molecule has 3 aliphatic rings. The number of carbonyl (C=O) groups is 1. The Morgan fingerprint density at radius 1 is 1.12 bits per heavy atom. The lowest BCUT2D eigenvalue weighted by molar-refractivity contribution is -0.126. The number of ether oxygens (including phenoxy) is 2. The van der Waals surface area contributed by atoms with E-state index in [-0.39, 0.29) is 16.9 Å². The van der Waals surface area contributed by atoms with E-state index in [0.717, 1.165) is 56.6 Å². The average Bonchev–Trinajstić information content (AvgIpc) is 2.98. The van der Waals surface area contributed by atoms with Crippen LogP contribution < -0.4 is 14.8 Å². The number of piperidine rings is 1. The summed E-state index contributed by atoms with van der Waals surface area (Å²) in [5.74, 6) is 1.82. The summed E-state index contributed by atoms with van der Waals surface area (Å²) >= 11 is 0. The smallest absolute Gasteiger partial charge is 0.220 e. The maximum absolute atomic E-state index is 12.1. The molecule has 2 aliphatic heterocycles. The van der Waals surface area contributed by atoms with Crippen molar-refractivity contribution < 1.29 is 14.3 Å². The summed E-state index contributed by atoms with van der Waals surface area (Å²) in [7, 11) is 5.61. The van der Waals surface area contributed by atoms with Crippen LogP contribution in [0.25, 0.3) is 0 Å². The Morgan fingerprint density at radius 2 is 1.92 bits per heavy atom. The maximum atomic E-state index is 12.1. The van der Waals surface area contributed by atoms with Crippen LogP contribution in [-0.4, -0.2) is 50.2 Å². The fourth-order valence-corrected chi connectivity index (χ4v) is 5.67. The Labute approximate surface area is 156 Å². The number of hydrogen-bond acceptors (Lipinski definition) is 4. The summed E-state index contributed by atoms with van der Waals surface area (Å²) in [5, 5.41) is 3.36. The molecule has 0 bridgehead atoms. The number of methoxy groups -OCH3 is 2. The van der Waals surface area contributed by atoms with Crippen LogP contribution in [0.5, 0.6) is 11.5 Å². The van der Waals surface area contributed by atoms with E-state index >= 15 is 0 Å². The van der Waals surface area contributed by atoms with Crippen LogP contribution in [-0.2, 0) is 10.2 Å². The van der Waals surface area contributed by atoms with Crippen molar-refractivity contribution in [2.45, 2.75) is 61.9 Å². The molecular weight excluding hydrogens is 328 g/mol. The molecule has 2 heterocycles. The molecule has 1 N–H and O–H groups in total. The molecule has 2 saturated heterocycles. The van der Waals surface area contributed by atoms with E-state index in [1.54, 1.807) is 14.2 Å². The SMILES string of the molecule is COc1ccc(C23CCN(C)C2CC2(CCCC(=O)N2)CC3)cc1OC. The lowest BCUT2D eigenvalue weighted by atomic mass is 9.60. The second-order valence-electron chi connectivity index (χ2n) is 8.36. The molecule has 1 aromatic rings.